The van der Waals surface area contributed by atoms with Crippen LogP contribution in [0.2, 0.25) is 0 Å². The van der Waals surface area contributed by atoms with Crippen molar-refractivity contribution in [1.29, 1.82) is 5.41 Å². The first kappa shape index (κ1) is 9.38. The lowest BCUT2D eigenvalue weighted by atomic mass is 11.0. The Morgan fingerprint density at radius 2 is 2.10 bits per heavy atom. The predicted octanol–water partition coefficient (Wildman–Crippen LogP) is -1.78. The van der Waals surface area contributed by atoms with Gasteiger partial charge in [-0.05, 0) is 0 Å². The maximum atomic E-state index is 10.2. The fraction of sp³-hybridized carbons (Fsp3) is 0.500. The van der Waals surface area contributed by atoms with Crippen LogP contribution < -0.4 is 5.73 Å². The SMILES string of the molecule is N=C(N)N(CO)P(=O)(O)O. The summed E-state index contributed by atoms with van der Waals surface area (Å²) in [6.45, 7) is -0.973. The molecule has 0 aromatic heterocycles. The fourth-order valence-electron chi connectivity index (χ4n) is 0.299. The van der Waals surface area contributed by atoms with Crippen molar-refractivity contribution in [2.24, 2.45) is 5.73 Å². The van der Waals surface area contributed by atoms with E-state index in [0.29, 0.717) is 0 Å². The summed E-state index contributed by atoms with van der Waals surface area (Å²) in [5, 5.41) is 14.8. The number of nitrogens with one attached hydrogen (secondary N) is 1. The highest BCUT2D eigenvalue weighted by atomic mass is 31.2. The van der Waals surface area contributed by atoms with Gasteiger partial charge in [0.2, 0.25) is 0 Å². The van der Waals surface area contributed by atoms with Crippen LogP contribution in [0.5, 0.6) is 0 Å². The van der Waals surface area contributed by atoms with Crippen LogP contribution in [-0.4, -0.2) is 32.3 Å². The number of aliphatic hydroxyl groups excluding tert-OH is 1. The van der Waals surface area contributed by atoms with Crippen molar-refractivity contribution in [1.82, 2.24) is 4.67 Å². The zero-order chi connectivity index (χ0) is 8.36. The smallest absolute Gasteiger partial charge is 0.376 e. The van der Waals surface area contributed by atoms with E-state index >= 15 is 0 Å². The highest BCUT2D eigenvalue weighted by Gasteiger charge is 2.25. The molecule has 0 saturated carbocycles. The fourth-order valence-corrected chi connectivity index (χ4v) is 0.744. The molecular weight excluding hydrogens is 161 g/mol. The number of hydrogen-bond donors (Lipinski definition) is 5. The number of hydrogen-bond acceptors (Lipinski definition) is 3. The van der Waals surface area contributed by atoms with Crippen LogP contribution in [-0.2, 0) is 4.57 Å². The van der Waals surface area contributed by atoms with E-state index in [9.17, 15) is 4.57 Å². The molecule has 0 aliphatic rings. The molecule has 8 heteroatoms. The Morgan fingerprint density at radius 3 is 2.10 bits per heavy atom. The summed E-state index contributed by atoms with van der Waals surface area (Å²) in [5.41, 5.74) is 4.69. The maximum absolute atomic E-state index is 10.2. The van der Waals surface area contributed by atoms with Gasteiger partial charge < -0.3 is 20.6 Å². The summed E-state index contributed by atoms with van der Waals surface area (Å²) in [6, 6.07) is 0. The molecule has 6 N–H and O–H groups in total. The second-order valence-electron chi connectivity index (χ2n) is 1.44. The number of nitrogens with zero attached hydrogens (tertiary/aromatic N) is 1. The topological polar surface area (TPSA) is 131 Å². The molecule has 0 heterocycles. The molecule has 0 atom stereocenters. The minimum atomic E-state index is -4.60. The number of guanidine groups is 1. The summed E-state index contributed by atoms with van der Waals surface area (Å²) >= 11 is 0. The van der Waals surface area contributed by atoms with E-state index in [-0.39, 0.29) is 4.67 Å². The number of rotatable bonds is 2. The van der Waals surface area contributed by atoms with E-state index in [1.165, 1.54) is 0 Å². The molecule has 0 bridgehead atoms. The van der Waals surface area contributed by atoms with Crippen molar-refractivity contribution in [2.45, 2.75) is 0 Å². The molecule has 0 aliphatic heterocycles. The van der Waals surface area contributed by atoms with Crippen molar-refractivity contribution in [3.8, 4) is 0 Å². The van der Waals surface area contributed by atoms with E-state index in [0.717, 1.165) is 0 Å². The summed E-state index contributed by atoms with van der Waals surface area (Å²) in [6.07, 6.45) is 0. The molecule has 7 nitrogen and oxygen atoms in total. The molecule has 0 radical (unpaired) electrons. The van der Waals surface area contributed by atoms with Crippen LogP contribution in [0.1, 0.15) is 0 Å². The number of aliphatic hydroxyl groups is 1. The van der Waals surface area contributed by atoms with Crippen LogP contribution in [0.3, 0.4) is 0 Å². The minimum absolute atomic E-state index is 0.0625. The van der Waals surface area contributed by atoms with Crippen molar-refractivity contribution in [3.63, 3.8) is 0 Å². The second kappa shape index (κ2) is 2.98. The van der Waals surface area contributed by atoms with Gasteiger partial charge in [0, 0.05) is 0 Å². The molecule has 0 fully saturated rings. The molecule has 0 aliphatic carbocycles. The third-order valence-electron chi connectivity index (χ3n) is 0.727. The van der Waals surface area contributed by atoms with Crippen LogP contribution in [0.25, 0.3) is 0 Å². The normalized spacial score (nSPS) is 11.1. The van der Waals surface area contributed by atoms with Gasteiger partial charge in [-0.15, -0.1) is 0 Å². The van der Waals surface area contributed by atoms with Crippen molar-refractivity contribution in [3.05, 3.63) is 0 Å². The Morgan fingerprint density at radius 1 is 1.70 bits per heavy atom. The Bertz CT molecular complexity index is 175. The molecule has 0 aromatic carbocycles. The molecule has 0 unspecified atom stereocenters. The van der Waals surface area contributed by atoms with E-state index in [2.05, 4.69) is 0 Å². The molecular formula is C2H8N3O4P. The van der Waals surface area contributed by atoms with E-state index in [1.807, 2.05) is 0 Å². The lowest BCUT2D eigenvalue weighted by Gasteiger charge is -2.19. The van der Waals surface area contributed by atoms with Crippen LogP contribution >= 0.6 is 7.75 Å². The first-order chi connectivity index (χ1) is 4.39. The maximum Gasteiger partial charge on any atom is 0.434 e. The van der Waals surface area contributed by atoms with Gasteiger partial charge in [-0.3, -0.25) is 5.41 Å². The summed E-state index contributed by atoms with van der Waals surface area (Å²) in [4.78, 5) is 16.6. The zero-order valence-corrected chi connectivity index (χ0v) is 5.82. The molecule has 0 saturated heterocycles. The quantitative estimate of drug-likeness (QED) is 0.144. The van der Waals surface area contributed by atoms with Gasteiger partial charge >= 0.3 is 7.75 Å². The molecule has 60 valence electrons. The van der Waals surface area contributed by atoms with Gasteiger partial charge in [-0.2, -0.15) is 0 Å². The highest BCUT2D eigenvalue weighted by Crippen LogP contribution is 2.38. The lowest BCUT2D eigenvalue weighted by Crippen LogP contribution is -2.34. The van der Waals surface area contributed by atoms with E-state index in [1.54, 1.807) is 0 Å². The van der Waals surface area contributed by atoms with Crippen molar-refractivity contribution in [2.75, 3.05) is 6.73 Å². The average molecular weight is 169 g/mol. The first-order valence-corrected chi connectivity index (χ1v) is 3.74. The van der Waals surface area contributed by atoms with E-state index in [4.69, 9.17) is 26.0 Å². The van der Waals surface area contributed by atoms with Gasteiger partial charge in [0.05, 0.1) is 0 Å². The zero-order valence-electron chi connectivity index (χ0n) is 4.93. The van der Waals surface area contributed by atoms with E-state index < -0.39 is 20.4 Å². The van der Waals surface area contributed by atoms with Crippen LogP contribution in [0.4, 0.5) is 0 Å². The third kappa shape index (κ3) is 2.32. The van der Waals surface area contributed by atoms with Crippen molar-refractivity contribution < 1.29 is 19.5 Å². The molecule has 0 amide bonds. The Balaban J connectivity index is 4.38. The molecule has 0 rings (SSSR count). The Labute approximate surface area is 56.8 Å². The summed E-state index contributed by atoms with van der Waals surface area (Å²) < 4.78 is 10.3. The molecule has 0 aromatic rings. The lowest BCUT2D eigenvalue weighted by molar-refractivity contribution is 0.191. The standard InChI is InChI=1S/C2H8N3O4P/c3-2(4)5(1-6)10(7,8)9/h6H,1H2,(H3,3,4)(H2,7,8,9). The minimum Gasteiger partial charge on any atom is -0.376 e. The van der Waals surface area contributed by atoms with Gasteiger partial charge in [0.25, 0.3) is 0 Å². The van der Waals surface area contributed by atoms with Gasteiger partial charge in [-0.1, -0.05) is 0 Å². The Hall–Kier alpha value is -0.620. The second-order valence-corrected chi connectivity index (χ2v) is 2.95. The van der Waals surface area contributed by atoms with Crippen LogP contribution in [0, 0.1) is 5.41 Å². The first-order valence-electron chi connectivity index (χ1n) is 2.18. The van der Waals surface area contributed by atoms with Gasteiger partial charge in [0.1, 0.15) is 6.73 Å². The molecule has 0 spiro atoms. The largest absolute Gasteiger partial charge is 0.434 e. The summed E-state index contributed by atoms with van der Waals surface area (Å²) in [5.74, 6) is -0.865. The van der Waals surface area contributed by atoms with Gasteiger partial charge in [0.15, 0.2) is 5.96 Å². The van der Waals surface area contributed by atoms with Crippen molar-refractivity contribution >= 4 is 13.7 Å². The number of nitrogens with two attached hydrogens (primary N) is 1. The third-order valence-corrected chi connectivity index (χ3v) is 1.70. The molecule has 10 heavy (non-hydrogen) atoms. The highest BCUT2D eigenvalue weighted by molar-refractivity contribution is 7.49. The predicted molar refractivity (Wildman–Crippen MR) is 32.9 cm³/mol. The van der Waals surface area contributed by atoms with Crippen LogP contribution in [0.15, 0.2) is 0 Å². The summed E-state index contributed by atoms with van der Waals surface area (Å²) in [7, 11) is -4.60. The average Bonchev–Trinajstić information content (AvgIpc) is 1.60. The monoisotopic (exact) mass is 169 g/mol. The van der Waals surface area contributed by atoms with Gasteiger partial charge in [-0.25, -0.2) is 9.24 Å². The Kier molecular flexibility index (Phi) is 2.79.